The Kier molecular flexibility index (Phi) is 4.81. The maximum Gasteiger partial charge on any atom is 0.328 e. The van der Waals surface area contributed by atoms with Gasteiger partial charge in [0, 0.05) is 24.4 Å². The highest BCUT2D eigenvalue weighted by molar-refractivity contribution is 5.80. The van der Waals surface area contributed by atoms with E-state index in [1.807, 2.05) is 31.6 Å². The van der Waals surface area contributed by atoms with E-state index >= 15 is 0 Å². The molecule has 2 rings (SSSR count). The Hall–Kier alpha value is -2.36. The fourth-order valence-electron chi connectivity index (χ4n) is 2.70. The average Bonchev–Trinajstić information content (AvgIpc) is 2.69. The molecule has 0 unspecified atom stereocenters. The van der Waals surface area contributed by atoms with Gasteiger partial charge in [0.2, 0.25) is 0 Å². The minimum atomic E-state index is -0.882. The third-order valence-corrected chi connectivity index (χ3v) is 3.90. The predicted molar refractivity (Wildman–Crippen MR) is 87.8 cm³/mol. The molecule has 0 amide bonds. The summed E-state index contributed by atoms with van der Waals surface area (Å²) >= 11 is 0. The quantitative estimate of drug-likeness (QED) is 0.857. The Morgan fingerprint density at radius 1 is 1.36 bits per heavy atom. The van der Waals surface area contributed by atoms with Crippen LogP contribution in [0.25, 0.3) is 11.1 Å². The van der Waals surface area contributed by atoms with Crippen LogP contribution in [0, 0.1) is 13.8 Å². The molecule has 0 bridgehead atoms. The number of allylic oxidation sites excluding steroid dienone is 1. The van der Waals surface area contributed by atoms with E-state index < -0.39 is 5.97 Å². The maximum atomic E-state index is 10.7. The first-order valence-electron chi connectivity index (χ1n) is 7.38. The third kappa shape index (κ3) is 3.64. The minimum absolute atomic E-state index is 0.751. The lowest BCUT2D eigenvalue weighted by molar-refractivity contribution is -0.131. The van der Waals surface area contributed by atoms with Crippen molar-refractivity contribution in [1.82, 2.24) is 9.78 Å². The lowest BCUT2D eigenvalue weighted by atomic mass is 9.98. The maximum absolute atomic E-state index is 10.7. The van der Waals surface area contributed by atoms with Gasteiger partial charge in [-0.25, -0.2) is 4.79 Å². The molecular formula is C18H22N2O2. The lowest BCUT2D eigenvalue weighted by Crippen LogP contribution is -1.94. The lowest BCUT2D eigenvalue weighted by Gasteiger charge is -2.07. The van der Waals surface area contributed by atoms with Crippen LogP contribution < -0.4 is 0 Å². The van der Waals surface area contributed by atoms with Crippen molar-refractivity contribution >= 4 is 5.97 Å². The Labute approximate surface area is 131 Å². The zero-order chi connectivity index (χ0) is 16.3. The summed E-state index contributed by atoms with van der Waals surface area (Å²) in [5.74, 6) is -0.882. The van der Waals surface area contributed by atoms with Crippen molar-refractivity contribution < 1.29 is 9.90 Å². The molecule has 116 valence electrons. The Bertz CT molecular complexity index is 727. The highest BCUT2D eigenvalue weighted by Crippen LogP contribution is 2.27. The monoisotopic (exact) mass is 298 g/mol. The first-order chi connectivity index (χ1) is 10.4. The summed E-state index contributed by atoms with van der Waals surface area (Å²) in [6.45, 7) is 5.95. The molecule has 0 spiro atoms. The number of aliphatic carboxylic acids is 1. The zero-order valence-corrected chi connectivity index (χ0v) is 13.6. The van der Waals surface area contributed by atoms with Crippen LogP contribution >= 0.6 is 0 Å². The highest BCUT2D eigenvalue weighted by Gasteiger charge is 2.11. The van der Waals surface area contributed by atoms with Gasteiger partial charge >= 0.3 is 5.97 Å². The molecule has 4 nitrogen and oxygen atoms in total. The van der Waals surface area contributed by atoms with Crippen molar-refractivity contribution in [2.75, 3.05) is 0 Å². The van der Waals surface area contributed by atoms with Crippen molar-refractivity contribution in [3.63, 3.8) is 0 Å². The van der Waals surface area contributed by atoms with Crippen molar-refractivity contribution in [3.05, 3.63) is 52.9 Å². The van der Waals surface area contributed by atoms with Gasteiger partial charge in [-0.1, -0.05) is 29.8 Å². The Balaban J connectivity index is 2.22. The minimum Gasteiger partial charge on any atom is -0.478 e. The molecule has 0 aliphatic carbocycles. The summed E-state index contributed by atoms with van der Waals surface area (Å²) in [4.78, 5) is 10.7. The van der Waals surface area contributed by atoms with E-state index in [9.17, 15) is 4.79 Å². The van der Waals surface area contributed by atoms with Crippen molar-refractivity contribution in [1.29, 1.82) is 0 Å². The second kappa shape index (κ2) is 6.60. The summed E-state index contributed by atoms with van der Waals surface area (Å²) in [6.07, 6.45) is 2.86. The van der Waals surface area contributed by atoms with E-state index in [1.165, 1.54) is 22.8 Å². The molecule has 2 aromatic rings. The molecule has 4 heteroatoms. The molecule has 0 radical (unpaired) electrons. The SMILES string of the molecule is C/C(=C\C(=O)O)CCc1cccc(-c2c(C)nn(C)c2C)c1. The van der Waals surface area contributed by atoms with E-state index in [4.69, 9.17) is 5.11 Å². The molecular weight excluding hydrogens is 276 g/mol. The molecule has 1 heterocycles. The molecule has 0 atom stereocenters. The molecule has 22 heavy (non-hydrogen) atoms. The van der Waals surface area contributed by atoms with Gasteiger partial charge in [-0.05, 0) is 44.7 Å². The Morgan fingerprint density at radius 3 is 2.68 bits per heavy atom. The largest absolute Gasteiger partial charge is 0.478 e. The topological polar surface area (TPSA) is 55.1 Å². The van der Waals surface area contributed by atoms with Crippen LogP contribution in [0.15, 0.2) is 35.9 Å². The normalized spacial score (nSPS) is 11.7. The smallest absolute Gasteiger partial charge is 0.328 e. The first kappa shape index (κ1) is 16.0. The molecule has 1 N–H and O–H groups in total. The van der Waals surface area contributed by atoms with Gasteiger partial charge in [-0.15, -0.1) is 0 Å². The summed E-state index contributed by atoms with van der Waals surface area (Å²) < 4.78 is 1.90. The molecule has 1 aromatic carbocycles. The van der Waals surface area contributed by atoms with Crippen molar-refractivity contribution in [3.8, 4) is 11.1 Å². The number of hydrogen-bond acceptors (Lipinski definition) is 2. The molecule has 0 saturated carbocycles. The van der Waals surface area contributed by atoms with E-state index in [2.05, 4.69) is 30.2 Å². The van der Waals surface area contributed by atoms with Gasteiger partial charge < -0.3 is 5.11 Å². The van der Waals surface area contributed by atoms with Crippen LogP contribution in [0.5, 0.6) is 0 Å². The summed E-state index contributed by atoms with van der Waals surface area (Å²) in [5, 5.41) is 13.2. The van der Waals surface area contributed by atoms with Gasteiger partial charge in [0.15, 0.2) is 0 Å². The fraction of sp³-hybridized carbons (Fsp3) is 0.333. The zero-order valence-electron chi connectivity index (χ0n) is 13.6. The van der Waals surface area contributed by atoms with Crippen molar-refractivity contribution in [2.45, 2.75) is 33.6 Å². The number of carboxylic acid groups (broad SMARTS) is 1. The Morgan fingerprint density at radius 2 is 2.09 bits per heavy atom. The average molecular weight is 298 g/mol. The summed E-state index contributed by atoms with van der Waals surface area (Å²) in [6, 6.07) is 8.40. The molecule has 0 aliphatic heterocycles. The van der Waals surface area contributed by atoms with Crippen LogP contribution in [0.2, 0.25) is 0 Å². The van der Waals surface area contributed by atoms with Crippen LogP contribution in [-0.2, 0) is 18.3 Å². The first-order valence-corrected chi connectivity index (χ1v) is 7.38. The van der Waals surface area contributed by atoms with E-state index in [-0.39, 0.29) is 0 Å². The van der Waals surface area contributed by atoms with Crippen LogP contribution in [0.3, 0.4) is 0 Å². The van der Waals surface area contributed by atoms with E-state index in [0.29, 0.717) is 0 Å². The standard InChI is InChI=1S/C18H22N2O2/c1-12(10-17(21)22)8-9-15-6-5-7-16(11-15)18-13(2)19-20(4)14(18)3/h5-7,10-11H,8-9H2,1-4H3,(H,21,22)/b12-10+. The predicted octanol–water partition coefficient (Wildman–Crippen LogP) is 3.67. The number of rotatable bonds is 5. The van der Waals surface area contributed by atoms with Gasteiger partial charge in [-0.2, -0.15) is 5.10 Å². The molecule has 0 saturated heterocycles. The summed E-state index contributed by atoms with van der Waals surface area (Å²) in [7, 11) is 1.95. The van der Waals surface area contributed by atoms with E-state index in [0.717, 1.165) is 29.8 Å². The number of carboxylic acids is 1. The highest BCUT2D eigenvalue weighted by atomic mass is 16.4. The second-order valence-corrected chi connectivity index (χ2v) is 5.70. The summed E-state index contributed by atoms with van der Waals surface area (Å²) in [5.41, 5.74) is 6.61. The molecule has 0 aliphatic rings. The van der Waals surface area contributed by atoms with Crippen LogP contribution in [-0.4, -0.2) is 20.9 Å². The number of aromatic nitrogens is 2. The van der Waals surface area contributed by atoms with Gasteiger partial charge in [0.25, 0.3) is 0 Å². The van der Waals surface area contributed by atoms with E-state index in [1.54, 1.807) is 0 Å². The number of benzene rings is 1. The second-order valence-electron chi connectivity index (χ2n) is 5.70. The van der Waals surface area contributed by atoms with Gasteiger partial charge in [-0.3, -0.25) is 4.68 Å². The number of nitrogens with zero attached hydrogens (tertiary/aromatic N) is 2. The third-order valence-electron chi connectivity index (χ3n) is 3.90. The molecule has 0 fully saturated rings. The van der Waals surface area contributed by atoms with Gasteiger partial charge in [0.1, 0.15) is 0 Å². The number of hydrogen-bond donors (Lipinski definition) is 1. The van der Waals surface area contributed by atoms with Crippen molar-refractivity contribution in [2.24, 2.45) is 7.05 Å². The molecule has 1 aromatic heterocycles. The van der Waals surface area contributed by atoms with Crippen LogP contribution in [0.1, 0.15) is 30.3 Å². The van der Waals surface area contributed by atoms with Crippen LogP contribution in [0.4, 0.5) is 0 Å². The fourth-order valence-corrected chi connectivity index (χ4v) is 2.70. The van der Waals surface area contributed by atoms with Gasteiger partial charge in [0.05, 0.1) is 5.69 Å². The number of aryl methyl sites for hydroxylation is 3. The number of carbonyl (C=O) groups is 1.